The highest BCUT2D eigenvalue weighted by atomic mass is 31.2. The maximum atomic E-state index is 9.30. The minimum atomic E-state index is -1.65. The molecule has 504 valence electrons. The van der Waals surface area contributed by atoms with Crippen LogP contribution in [0.15, 0.2) is 182 Å². The number of benzene rings is 6. The minimum absolute atomic E-state index is 0.102. The monoisotopic (exact) mass is 1290 g/mol. The average molecular weight is 1290 g/mol. The second-order valence-corrected chi connectivity index (χ2v) is 22.6. The van der Waals surface area contributed by atoms with Crippen LogP contribution in [0.4, 0.5) is 0 Å². The van der Waals surface area contributed by atoms with Gasteiger partial charge in [0.15, 0.2) is 6.29 Å². The lowest BCUT2D eigenvalue weighted by Gasteiger charge is -2.41. The molecule has 0 fully saturated rings. The maximum absolute atomic E-state index is 9.30. The maximum Gasteiger partial charge on any atom is 0.261 e. The molecule has 6 aromatic rings. The van der Waals surface area contributed by atoms with Gasteiger partial charge in [-0.2, -0.15) is 5.26 Å². The quantitative estimate of drug-likeness (QED) is 0.0152. The van der Waals surface area contributed by atoms with Crippen LogP contribution < -0.4 is 0 Å². The molecular weight excluding hydrogens is 1190 g/mol. The lowest BCUT2D eigenvalue weighted by molar-refractivity contribution is -0.176. The Morgan fingerprint density at radius 2 is 0.609 bits per heavy atom. The first kappa shape index (κ1) is 77.3. The topological polar surface area (TPSA) is 175 Å². The second-order valence-electron chi connectivity index (χ2n) is 21.2. The molecule has 0 radical (unpaired) electrons. The molecule has 0 aliphatic rings. The molecule has 0 bridgehead atoms. The van der Waals surface area contributed by atoms with Gasteiger partial charge in [-0.05, 0) is 61.1 Å². The summed E-state index contributed by atoms with van der Waals surface area (Å²) in [6.07, 6.45) is -0.633. The third-order valence-corrected chi connectivity index (χ3v) is 16.0. The van der Waals surface area contributed by atoms with E-state index in [2.05, 4.69) is 111 Å². The minimum Gasteiger partial charge on any atom is -0.382 e. The molecule has 6 aromatic carbocycles. The van der Waals surface area contributed by atoms with Gasteiger partial charge in [-0.15, -0.1) is 0 Å². The van der Waals surface area contributed by atoms with Crippen molar-refractivity contribution in [3.8, 4) is 6.07 Å². The van der Waals surface area contributed by atoms with Crippen molar-refractivity contribution in [3.63, 3.8) is 0 Å². The van der Waals surface area contributed by atoms with E-state index in [-0.39, 0.29) is 31.7 Å². The number of hydrogen-bond donors (Lipinski definition) is 0. The summed E-state index contributed by atoms with van der Waals surface area (Å²) in [6, 6.07) is 63.9. The van der Waals surface area contributed by atoms with Gasteiger partial charge in [0.1, 0.15) is 11.2 Å². The third-order valence-electron chi connectivity index (χ3n) is 13.9. The molecule has 0 aliphatic heterocycles. The van der Waals surface area contributed by atoms with Crippen LogP contribution in [-0.2, 0) is 86.6 Å². The molecule has 2 atom stereocenters. The van der Waals surface area contributed by atoms with E-state index >= 15 is 0 Å². The van der Waals surface area contributed by atoms with Crippen LogP contribution in [0.2, 0.25) is 0 Å². The van der Waals surface area contributed by atoms with Crippen molar-refractivity contribution >= 4 is 8.53 Å². The van der Waals surface area contributed by atoms with Crippen molar-refractivity contribution in [2.24, 2.45) is 0 Å². The standard InChI is InChI=1S/C41H59N2O9P.C32H42O7/c1-35(2)43(36(3)4)53(50-23-15-22-42)52-40(34-49-33-32-48-31-30-47-29-28-46-27-26-45-25-24-44-5)51-41(37-16-9-6-10-17-37,38-18-11-7-12-19-38)39-20-13-8-14-21-39;1-33-17-18-34-19-20-35-21-22-36-23-24-37-25-26-38-27-28-39-32(29-11-5-2-6-12-29,30-13-7-3-8-14-30)31-15-9-4-10-16-31/h6-14,16-21,35-36,40H,15,23-34H2,1-5H3;2-16H,17-28H2,1H3. The van der Waals surface area contributed by atoms with Crippen molar-refractivity contribution < 1.29 is 75.4 Å². The van der Waals surface area contributed by atoms with Gasteiger partial charge in [0.05, 0.1) is 171 Å². The van der Waals surface area contributed by atoms with E-state index in [0.29, 0.717) is 145 Å². The highest BCUT2D eigenvalue weighted by Gasteiger charge is 2.42. The van der Waals surface area contributed by atoms with E-state index in [1.54, 1.807) is 14.2 Å². The van der Waals surface area contributed by atoms with Crippen LogP contribution in [0, 0.1) is 11.3 Å². The summed E-state index contributed by atoms with van der Waals surface area (Å²) < 4.78 is 95.4. The van der Waals surface area contributed by atoms with Crippen LogP contribution in [0.25, 0.3) is 0 Å². The number of nitrogens with zero attached hydrogens (tertiary/aromatic N) is 2. The molecule has 0 N–H and O–H groups in total. The molecule has 6 rings (SSSR count). The largest absolute Gasteiger partial charge is 0.382 e. The number of methoxy groups -OCH3 is 2. The fourth-order valence-electron chi connectivity index (χ4n) is 9.75. The van der Waals surface area contributed by atoms with E-state index in [9.17, 15) is 5.26 Å². The molecule has 0 amide bonds. The zero-order valence-corrected chi connectivity index (χ0v) is 56.0. The van der Waals surface area contributed by atoms with Gasteiger partial charge >= 0.3 is 0 Å². The fourth-order valence-corrected chi connectivity index (χ4v) is 11.4. The number of hydrogen-bond acceptors (Lipinski definition) is 18. The first-order chi connectivity index (χ1) is 45.3. The smallest absolute Gasteiger partial charge is 0.261 e. The first-order valence-electron chi connectivity index (χ1n) is 32.0. The van der Waals surface area contributed by atoms with Crippen LogP contribution >= 0.6 is 8.53 Å². The third kappa shape index (κ3) is 28.6. The predicted octanol–water partition coefficient (Wildman–Crippen LogP) is 12.1. The van der Waals surface area contributed by atoms with E-state index < -0.39 is 26.0 Å². The molecule has 19 heteroatoms. The molecule has 0 saturated carbocycles. The Labute approximate surface area is 549 Å². The van der Waals surface area contributed by atoms with E-state index in [0.717, 1.165) is 33.4 Å². The molecule has 0 aromatic heterocycles. The van der Waals surface area contributed by atoms with Crippen molar-refractivity contribution in [1.82, 2.24) is 4.67 Å². The molecule has 2 unspecified atom stereocenters. The van der Waals surface area contributed by atoms with Crippen LogP contribution in [0.3, 0.4) is 0 Å². The van der Waals surface area contributed by atoms with Gasteiger partial charge in [-0.25, -0.2) is 4.67 Å². The molecular formula is C73H101N2O16P. The van der Waals surface area contributed by atoms with Gasteiger partial charge in [0.2, 0.25) is 0 Å². The first-order valence-corrected chi connectivity index (χ1v) is 33.1. The fraction of sp³-hybridized carbons (Fsp3) is 0.493. The van der Waals surface area contributed by atoms with E-state index in [1.807, 2.05) is 109 Å². The van der Waals surface area contributed by atoms with Crippen LogP contribution in [0.1, 0.15) is 67.5 Å². The molecule has 0 aliphatic carbocycles. The number of ether oxygens (including phenoxy) is 14. The summed E-state index contributed by atoms with van der Waals surface area (Å²) in [5.74, 6) is 0. The van der Waals surface area contributed by atoms with Gasteiger partial charge in [-0.1, -0.05) is 182 Å². The van der Waals surface area contributed by atoms with Crippen molar-refractivity contribution in [2.75, 3.05) is 173 Å². The summed E-state index contributed by atoms with van der Waals surface area (Å²) in [5, 5.41) is 9.30. The molecule has 92 heavy (non-hydrogen) atoms. The Bertz CT molecular complexity index is 2510. The number of rotatable bonds is 52. The Morgan fingerprint density at radius 1 is 0.348 bits per heavy atom. The van der Waals surface area contributed by atoms with E-state index in [4.69, 9.17) is 75.4 Å². The normalized spacial score (nSPS) is 12.5. The van der Waals surface area contributed by atoms with Crippen molar-refractivity contribution in [1.29, 1.82) is 5.26 Å². The molecule has 18 nitrogen and oxygen atoms in total. The van der Waals surface area contributed by atoms with E-state index in [1.165, 1.54) is 0 Å². The summed E-state index contributed by atoms with van der Waals surface area (Å²) >= 11 is 0. The van der Waals surface area contributed by atoms with Crippen LogP contribution in [0.5, 0.6) is 0 Å². The summed E-state index contributed by atoms with van der Waals surface area (Å²) in [4.78, 5) is 0. The Morgan fingerprint density at radius 3 is 0.880 bits per heavy atom. The average Bonchev–Trinajstić information content (AvgIpc) is 0.781. The second kappa shape index (κ2) is 49.2. The zero-order valence-electron chi connectivity index (χ0n) is 55.1. The molecule has 0 saturated heterocycles. The van der Waals surface area contributed by atoms with Crippen molar-refractivity contribution in [3.05, 3.63) is 215 Å². The predicted molar refractivity (Wildman–Crippen MR) is 357 cm³/mol. The van der Waals surface area contributed by atoms with Crippen LogP contribution in [-0.4, -0.2) is 196 Å². The summed E-state index contributed by atoms with van der Waals surface area (Å²) in [6.45, 7) is 19.7. The summed E-state index contributed by atoms with van der Waals surface area (Å²) in [7, 11) is 1.65. The molecule has 0 spiro atoms. The van der Waals surface area contributed by atoms with Gasteiger partial charge in [0.25, 0.3) is 8.53 Å². The lowest BCUT2D eigenvalue weighted by atomic mass is 9.80. The SMILES string of the molecule is COCCOCCOCCOCCOCCOCC(OP(OCCC#N)N(C(C)C)C(C)C)OC(c1ccccc1)(c1ccccc1)c1ccccc1.COCCOCCOCCOCCOCCOCCOC(c1ccccc1)(c1ccccc1)c1ccccc1. The summed E-state index contributed by atoms with van der Waals surface area (Å²) in [5.41, 5.74) is 4.25. The number of nitriles is 1. The lowest BCUT2D eigenvalue weighted by Crippen LogP contribution is -2.41. The highest BCUT2D eigenvalue weighted by molar-refractivity contribution is 7.44. The van der Waals surface area contributed by atoms with Gasteiger partial charge in [0, 0.05) is 26.3 Å². The van der Waals surface area contributed by atoms with Crippen molar-refractivity contribution in [2.45, 2.75) is 63.7 Å². The Balaban J connectivity index is 0.000000349. The zero-order chi connectivity index (χ0) is 65.3. The highest BCUT2D eigenvalue weighted by Crippen LogP contribution is 2.50. The van der Waals surface area contributed by atoms with Gasteiger partial charge < -0.3 is 70.8 Å². The van der Waals surface area contributed by atoms with Gasteiger partial charge in [-0.3, -0.25) is 4.52 Å². The Hall–Kier alpha value is -5.44. The molecule has 0 heterocycles. The Kier molecular flexibility index (Phi) is 41.3.